The number of aliphatic hydroxyl groups is 1. The van der Waals surface area contributed by atoms with Crippen molar-refractivity contribution >= 4 is 46.3 Å². The predicted molar refractivity (Wildman–Crippen MR) is 161 cm³/mol. The third-order valence-electron chi connectivity index (χ3n) is 7.14. The summed E-state index contributed by atoms with van der Waals surface area (Å²) in [4.78, 5) is 40.6. The number of nitrogens with one attached hydrogen (secondary N) is 2. The largest absolute Gasteiger partial charge is 0.393 e. The molecule has 10 heteroatoms. The van der Waals surface area contributed by atoms with Crippen LogP contribution >= 0.6 is 11.6 Å². The van der Waals surface area contributed by atoms with E-state index < -0.39 is 0 Å². The number of nitriles is 1. The van der Waals surface area contributed by atoms with E-state index in [4.69, 9.17) is 16.9 Å². The maximum Gasteiger partial charge on any atom is 0.272 e. The van der Waals surface area contributed by atoms with Gasteiger partial charge in [-0.25, -0.2) is 0 Å². The van der Waals surface area contributed by atoms with Crippen LogP contribution in [-0.4, -0.2) is 46.5 Å². The average molecular weight is 582 g/mol. The topological polar surface area (TPSA) is 127 Å². The second-order valence-corrected chi connectivity index (χ2v) is 10.4. The second-order valence-electron chi connectivity index (χ2n) is 9.95. The maximum absolute atomic E-state index is 13.0. The Kier molecular flexibility index (Phi) is 8.67. The highest BCUT2D eigenvalue weighted by atomic mass is 35.5. The summed E-state index contributed by atoms with van der Waals surface area (Å²) in [7, 11) is 0. The van der Waals surface area contributed by atoms with E-state index in [0.717, 1.165) is 18.8 Å². The molecule has 3 N–H and O–H groups in total. The Hall–Kier alpha value is -4.91. The normalized spacial score (nSPS) is 13.3. The van der Waals surface area contributed by atoms with Gasteiger partial charge in [0.25, 0.3) is 11.8 Å². The molecule has 1 aliphatic heterocycles. The molecule has 0 aliphatic carbocycles. The number of piperidine rings is 1. The number of carbonyl (C=O) groups excluding carboxylic acids is 3. The van der Waals surface area contributed by atoms with Gasteiger partial charge >= 0.3 is 0 Å². The van der Waals surface area contributed by atoms with Crippen molar-refractivity contribution in [2.45, 2.75) is 25.5 Å². The van der Waals surface area contributed by atoms with Gasteiger partial charge in [-0.3, -0.25) is 14.4 Å². The van der Waals surface area contributed by atoms with Gasteiger partial charge in [-0.15, -0.1) is 0 Å². The number of aliphatic hydroxyl groups excluding tert-OH is 1. The molecule has 1 fully saturated rings. The average Bonchev–Trinajstić information content (AvgIpc) is 3.46. The molecule has 0 atom stereocenters. The number of halogens is 1. The standard InChI is InChI=1S/C32H28ClN5O4/c33-28-20-25(37-17-13-26(39)14-18-37)11-12-27(28)31(41)35-23-7-3-21(4-8-23)30(40)22-5-9-24(10-6-22)36-32(42)29-2-1-16-38(29)19-15-34/h1-12,16,20,26,39H,13-14,17-19H2,(H,35,41)(H,36,42). The highest BCUT2D eigenvalue weighted by Gasteiger charge is 2.19. The number of aromatic nitrogens is 1. The fourth-order valence-corrected chi connectivity index (χ4v) is 5.07. The zero-order chi connectivity index (χ0) is 29.6. The third-order valence-corrected chi connectivity index (χ3v) is 7.45. The molecule has 4 aromatic rings. The molecule has 3 aromatic carbocycles. The third kappa shape index (κ3) is 6.52. The molecule has 2 heterocycles. The lowest BCUT2D eigenvalue weighted by molar-refractivity contribution is 0.101. The van der Waals surface area contributed by atoms with Gasteiger partial charge in [0.05, 0.1) is 22.8 Å². The lowest BCUT2D eigenvalue weighted by Crippen LogP contribution is -2.35. The summed E-state index contributed by atoms with van der Waals surface area (Å²) in [5.74, 6) is -0.929. The highest BCUT2D eigenvalue weighted by molar-refractivity contribution is 6.34. The Bertz CT molecular complexity index is 1650. The summed E-state index contributed by atoms with van der Waals surface area (Å²) in [5.41, 5.74) is 3.51. The van der Waals surface area contributed by atoms with Crippen molar-refractivity contribution < 1.29 is 19.5 Å². The molecular weight excluding hydrogens is 554 g/mol. The summed E-state index contributed by atoms with van der Waals surface area (Å²) >= 11 is 6.44. The van der Waals surface area contributed by atoms with Crippen LogP contribution in [-0.2, 0) is 6.54 Å². The van der Waals surface area contributed by atoms with E-state index in [1.54, 1.807) is 83.6 Å². The molecule has 0 unspecified atom stereocenters. The Morgan fingerprint density at radius 1 is 0.881 bits per heavy atom. The summed E-state index contributed by atoms with van der Waals surface area (Å²) in [5, 5.41) is 24.6. The molecule has 0 saturated carbocycles. The van der Waals surface area contributed by atoms with E-state index in [1.807, 2.05) is 12.1 Å². The lowest BCUT2D eigenvalue weighted by atomic mass is 10.0. The van der Waals surface area contributed by atoms with Gasteiger partial charge in [-0.2, -0.15) is 5.26 Å². The first-order valence-electron chi connectivity index (χ1n) is 13.4. The van der Waals surface area contributed by atoms with Gasteiger partial charge in [0, 0.05) is 47.5 Å². The van der Waals surface area contributed by atoms with Crippen LogP contribution in [0.5, 0.6) is 0 Å². The van der Waals surface area contributed by atoms with Crippen LogP contribution in [0.4, 0.5) is 17.1 Å². The van der Waals surface area contributed by atoms with Crippen molar-refractivity contribution in [3.63, 3.8) is 0 Å². The monoisotopic (exact) mass is 581 g/mol. The van der Waals surface area contributed by atoms with Gasteiger partial charge in [-0.1, -0.05) is 11.6 Å². The maximum atomic E-state index is 13.0. The van der Waals surface area contributed by atoms with Crippen LogP contribution in [0, 0.1) is 11.3 Å². The van der Waals surface area contributed by atoms with Crippen LogP contribution in [0.1, 0.15) is 49.6 Å². The molecule has 0 spiro atoms. The molecule has 1 saturated heterocycles. The Balaban J connectivity index is 1.19. The van der Waals surface area contributed by atoms with Gasteiger partial charge in [0.1, 0.15) is 12.2 Å². The van der Waals surface area contributed by atoms with Crippen molar-refractivity contribution in [2.75, 3.05) is 28.6 Å². The van der Waals surface area contributed by atoms with Gasteiger partial charge in [0.2, 0.25) is 0 Å². The molecule has 0 radical (unpaired) electrons. The van der Waals surface area contributed by atoms with Crippen LogP contribution < -0.4 is 15.5 Å². The van der Waals surface area contributed by atoms with Crippen LogP contribution in [0.15, 0.2) is 85.1 Å². The van der Waals surface area contributed by atoms with E-state index in [0.29, 0.717) is 51.6 Å². The first-order chi connectivity index (χ1) is 20.3. The first-order valence-corrected chi connectivity index (χ1v) is 13.8. The lowest BCUT2D eigenvalue weighted by Gasteiger charge is -2.31. The van der Waals surface area contributed by atoms with Gasteiger partial charge < -0.3 is 25.2 Å². The van der Waals surface area contributed by atoms with Crippen molar-refractivity contribution in [1.82, 2.24) is 4.57 Å². The highest BCUT2D eigenvalue weighted by Crippen LogP contribution is 2.27. The number of hydrogen-bond donors (Lipinski definition) is 3. The molecule has 42 heavy (non-hydrogen) atoms. The number of anilines is 3. The second kappa shape index (κ2) is 12.7. The summed E-state index contributed by atoms with van der Waals surface area (Å²) in [6, 6.07) is 23.7. The number of hydrogen-bond acceptors (Lipinski definition) is 6. The number of nitrogens with zero attached hydrogens (tertiary/aromatic N) is 3. The SMILES string of the molecule is N#CCn1cccc1C(=O)Nc1ccc(C(=O)c2ccc(NC(=O)c3ccc(N4CCC(O)CC4)cc3Cl)cc2)cc1. The Labute approximate surface area is 247 Å². The van der Waals surface area contributed by atoms with Crippen molar-refractivity contribution in [3.05, 3.63) is 112 Å². The van der Waals surface area contributed by atoms with Crippen LogP contribution in [0.25, 0.3) is 0 Å². The molecule has 1 aliphatic rings. The summed E-state index contributed by atoms with van der Waals surface area (Å²) in [6.07, 6.45) is 2.78. The fraction of sp³-hybridized carbons (Fsp3) is 0.188. The van der Waals surface area contributed by atoms with Crippen LogP contribution in [0.2, 0.25) is 5.02 Å². The predicted octanol–water partition coefficient (Wildman–Crippen LogP) is 5.36. The van der Waals surface area contributed by atoms with E-state index in [9.17, 15) is 19.5 Å². The summed E-state index contributed by atoms with van der Waals surface area (Å²) in [6.45, 7) is 1.53. The number of benzene rings is 3. The Morgan fingerprint density at radius 3 is 2.05 bits per heavy atom. The number of rotatable bonds is 8. The molecule has 2 amide bonds. The molecule has 212 valence electrons. The quantitative estimate of drug-likeness (QED) is 0.240. The van der Waals surface area contributed by atoms with Crippen LogP contribution in [0.3, 0.4) is 0 Å². The van der Waals surface area contributed by atoms with Crippen molar-refractivity contribution in [1.29, 1.82) is 5.26 Å². The zero-order valence-electron chi connectivity index (χ0n) is 22.6. The Morgan fingerprint density at radius 2 is 1.48 bits per heavy atom. The first kappa shape index (κ1) is 28.6. The molecule has 0 bridgehead atoms. The minimum Gasteiger partial charge on any atom is -0.393 e. The zero-order valence-corrected chi connectivity index (χ0v) is 23.3. The van der Waals surface area contributed by atoms with Gasteiger partial charge in [-0.05, 0) is 91.7 Å². The number of amides is 2. The van der Waals surface area contributed by atoms with Gasteiger partial charge in [0.15, 0.2) is 5.78 Å². The van der Waals surface area contributed by atoms with E-state index in [1.165, 1.54) is 0 Å². The van der Waals surface area contributed by atoms with Crippen molar-refractivity contribution in [2.24, 2.45) is 0 Å². The number of ketones is 1. The van der Waals surface area contributed by atoms with Crippen molar-refractivity contribution in [3.8, 4) is 6.07 Å². The van der Waals surface area contributed by atoms with E-state index >= 15 is 0 Å². The minimum atomic E-state index is -0.364. The molecule has 9 nitrogen and oxygen atoms in total. The fourth-order valence-electron chi connectivity index (χ4n) is 4.81. The molecular formula is C32H28ClN5O4. The smallest absolute Gasteiger partial charge is 0.272 e. The van der Waals surface area contributed by atoms with E-state index in [2.05, 4.69) is 15.5 Å². The summed E-state index contributed by atoms with van der Waals surface area (Å²) < 4.78 is 1.55. The molecule has 1 aromatic heterocycles. The van der Waals surface area contributed by atoms with E-state index in [-0.39, 0.29) is 30.2 Å². The number of carbonyl (C=O) groups is 3. The molecule has 5 rings (SSSR count). The minimum absolute atomic E-state index is 0.0679.